The Bertz CT molecular complexity index is 812. The number of amides is 1. The van der Waals surface area contributed by atoms with Crippen molar-refractivity contribution in [2.75, 3.05) is 19.6 Å². The van der Waals surface area contributed by atoms with Crippen LogP contribution in [0.25, 0.3) is 0 Å². The molecule has 2 aliphatic rings. The van der Waals surface area contributed by atoms with Gasteiger partial charge < -0.3 is 15.4 Å². The van der Waals surface area contributed by atoms with E-state index in [4.69, 9.17) is 4.74 Å². The number of carbonyl (C=O) groups is 1. The molecule has 2 N–H and O–H groups in total. The molecule has 1 aliphatic heterocycles. The van der Waals surface area contributed by atoms with E-state index in [9.17, 15) is 13.2 Å². The summed E-state index contributed by atoms with van der Waals surface area (Å²) >= 11 is 0. The van der Waals surface area contributed by atoms with E-state index < -0.39 is 15.6 Å². The van der Waals surface area contributed by atoms with Crippen LogP contribution < -0.4 is 10.6 Å². The molecule has 30 heavy (non-hydrogen) atoms. The molecular weight excluding hydrogens is 402 g/mol. The van der Waals surface area contributed by atoms with Crippen molar-refractivity contribution in [1.29, 1.82) is 0 Å². The lowest BCUT2D eigenvalue weighted by atomic mass is 10.0. The van der Waals surface area contributed by atoms with Crippen LogP contribution in [0.1, 0.15) is 58.4 Å². The molecule has 1 aromatic carbocycles. The maximum Gasteiger partial charge on any atom is 0.407 e. The fourth-order valence-electron chi connectivity index (χ4n) is 4.18. The Kier molecular flexibility index (Phi) is 7.42. The molecular formula is C22H35N3O4S. The molecule has 0 bridgehead atoms. The summed E-state index contributed by atoms with van der Waals surface area (Å²) in [5.74, 6) is 0.368. The molecule has 1 aliphatic carbocycles. The lowest BCUT2D eigenvalue weighted by Crippen LogP contribution is -2.40. The first-order valence-corrected chi connectivity index (χ1v) is 12.4. The lowest BCUT2D eigenvalue weighted by molar-refractivity contribution is 0.0517. The second kappa shape index (κ2) is 9.66. The molecule has 8 heteroatoms. The van der Waals surface area contributed by atoms with Gasteiger partial charge in [0.2, 0.25) is 10.0 Å². The van der Waals surface area contributed by atoms with E-state index in [2.05, 4.69) is 10.6 Å². The van der Waals surface area contributed by atoms with Gasteiger partial charge in [0.15, 0.2) is 0 Å². The average molecular weight is 438 g/mol. The van der Waals surface area contributed by atoms with Crippen LogP contribution in [-0.4, -0.2) is 50.1 Å². The molecule has 2 fully saturated rings. The highest BCUT2D eigenvalue weighted by atomic mass is 32.2. The van der Waals surface area contributed by atoms with Crippen LogP contribution in [0, 0.1) is 5.92 Å². The van der Waals surface area contributed by atoms with Gasteiger partial charge in [0.1, 0.15) is 5.60 Å². The number of ether oxygens (including phenoxy) is 1. The standard InChI is InChI=1S/C22H35N3O4S/c1-22(2,3)29-21(26)24-16-18-7-6-8-20(18)23-15-17-9-11-19(12-10-17)30(27,28)25-13-4-5-14-25/h9-12,18,20,23H,4-8,13-16H2,1-3H3,(H,24,26)/t18-,20+/m0/s1. The number of hydrogen-bond acceptors (Lipinski definition) is 5. The first kappa shape index (κ1) is 23.0. The van der Waals surface area contributed by atoms with Gasteiger partial charge in [-0.05, 0) is 70.1 Å². The maximum atomic E-state index is 12.6. The molecule has 0 aromatic heterocycles. The van der Waals surface area contributed by atoms with Crippen LogP contribution >= 0.6 is 0 Å². The second-order valence-corrected chi connectivity index (χ2v) is 11.3. The lowest BCUT2D eigenvalue weighted by Gasteiger charge is -2.24. The van der Waals surface area contributed by atoms with Crippen molar-refractivity contribution in [1.82, 2.24) is 14.9 Å². The third-order valence-electron chi connectivity index (χ3n) is 5.76. The molecule has 1 heterocycles. The summed E-state index contributed by atoms with van der Waals surface area (Å²) < 4.78 is 32.2. The summed E-state index contributed by atoms with van der Waals surface area (Å²) in [6.07, 6.45) is 4.77. The van der Waals surface area contributed by atoms with Crippen LogP contribution in [0.4, 0.5) is 4.79 Å². The van der Waals surface area contributed by atoms with Gasteiger partial charge in [-0.15, -0.1) is 0 Å². The van der Waals surface area contributed by atoms with Crippen molar-refractivity contribution in [2.24, 2.45) is 5.92 Å². The molecule has 1 saturated carbocycles. The fourth-order valence-corrected chi connectivity index (χ4v) is 5.70. The van der Waals surface area contributed by atoms with E-state index >= 15 is 0 Å². The number of alkyl carbamates (subject to hydrolysis) is 1. The second-order valence-electron chi connectivity index (χ2n) is 9.32. The molecule has 1 aromatic rings. The van der Waals surface area contributed by atoms with E-state index in [0.717, 1.165) is 37.7 Å². The molecule has 0 unspecified atom stereocenters. The summed E-state index contributed by atoms with van der Waals surface area (Å²) in [4.78, 5) is 12.3. The van der Waals surface area contributed by atoms with Gasteiger partial charge in [0.25, 0.3) is 0 Å². The number of rotatable bonds is 7. The summed E-state index contributed by atoms with van der Waals surface area (Å²) in [5, 5.41) is 6.47. The highest BCUT2D eigenvalue weighted by molar-refractivity contribution is 7.89. The van der Waals surface area contributed by atoms with Crippen LogP contribution in [-0.2, 0) is 21.3 Å². The maximum absolute atomic E-state index is 12.6. The fraction of sp³-hybridized carbons (Fsp3) is 0.682. The Morgan fingerprint density at radius 1 is 1.10 bits per heavy atom. The van der Waals surface area contributed by atoms with E-state index in [1.54, 1.807) is 16.4 Å². The zero-order valence-electron chi connectivity index (χ0n) is 18.3. The van der Waals surface area contributed by atoms with E-state index in [1.165, 1.54) is 0 Å². The quantitative estimate of drug-likeness (QED) is 0.684. The van der Waals surface area contributed by atoms with Crippen molar-refractivity contribution in [3.63, 3.8) is 0 Å². The Labute approximate surface area is 180 Å². The molecule has 1 amide bonds. The number of nitrogens with one attached hydrogen (secondary N) is 2. The van der Waals surface area contributed by atoms with Gasteiger partial charge in [-0.25, -0.2) is 13.2 Å². The summed E-state index contributed by atoms with van der Waals surface area (Å²) in [6, 6.07) is 7.52. The number of benzene rings is 1. The smallest absolute Gasteiger partial charge is 0.407 e. The Morgan fingerprint density at radius 2 is 1.77 bits per heavy atom. The number of nitrogens with zero attached hydrogens (tertiary/aromatic N) is 1. The van der Waals surface area contributed by atoms with Gasteiger partial charge in [-0.2, -0.15) is 4.31 Å². The first-order chi connectivity index (χ1) is 14.1. The molecule has 2 atom stereocenters. The topological polar surface area (TPSA) is 87.7 Å². The molecule has 7 nitrogen and oxygen atoms in total. The minimum Gasteiger partial charge on any atom is -0.444 e. The SMILES string of the molecule is CC(C)(C)OC(=O)NC[C@@H]1CCC[C@H]1NCc1ccc(S(=O)(=O)N2CCCC2)cc1. The van der Waals surface area contributed by atoms with Gasteiger partial charge in [-0.3, -0.25) is 0 Å². The Morgan fingerprint density at radius 3 is 2.40 bits per heavy atom. The largest absolute Gasteiger partial charge is 0.444 e. The van der Waals surface area contributed by atoms with E-state index in [-0.39, 0.29) is 6.09 Å². The molecule has 0 radical (unpaired) electrons. The normalized spacial score (nSPS) is 22.9. The van der Waals surface area contributed by atoms with Crippen molar-refractivity contribution < 1.29 is 17.9 Å². The predicted molar refractivity (Wildman–Crippen MR) is 117 cm³/mol. The van der Waals surface area contributed by atoms with Gasteiger partial charge in [0, 0.05) is 32.2 Å². The Hall–Kier alpha value is -1.64. The van der Waals surface area contributed by atoms with Crippen molar-refractivity contribution in [3.8, 4) is 0 Å². The van der Waals surface area contributed by atoms with Crippen LogP contribution in [0.5, 0.6) is 0 Å². The van der Waals surface area contributed by atoms with Gasteiger partial charge >= 0.3 is 6.09 Å². The zero-order valence-corrected chi connectivity index (χ0v) is 19.1. The van der Waals surface area contributed by atoms with Crippen LogP contribution in [0.2, 0.25) is 0 Å². The molecule has 168 valence electrons. The summed E-state index contributed by atoms with van der Waals surface area (Å²) in [7, 11) is -3.36. The van der Waals surface area contributed by atoms with Gasteiger partial charge in [-0.1, -0.05) is 18.6 Å². The minimum atomic E-state index is -3.36. The molecule has 3 rings (SSSR count). The number of hydrogen-bond donors (Lipinski definition) is 2. The average Bonchev–Trinajstić information content (AvgIpc) is 3.36. The molecule has 1 saturated heterocycles. The minimum absolute atomic E-state index is 0.327. The van der Waals surface area contributed by atoms with Gasteiger partial charge in [0.05, 0.1) is 4.90 Å². The first-order valence-electron chi connectivity index (χ1n) is 10.9. The summed E-state index contributed by atoms with van der Waals surface area (Å²) in [5.41, 5.74) is 0.562. The van der Waals surface area contributed by atoms with Crippen LogP contribution in [0.15, 0.2) is 29.2 Å². The summed E-state index contributed by atoms with van der Waals surface area (Å²) in [6.45, 7) is 8.08. The zero-order chi connectivity index (χ0) is 21.8. The number of sulfonamides is 1. The van der Waals surface area contributed by atoms with E-state index in [0.29, 0.717) is 43.0 Å². The van der Waals surface area contributed by atoms with Crippen molar-refractivity contribution in [3.05, 3.63) is 29.8 Å². The monoisotopic (exact) mass is 437 g/mol. The van der Waals surface area contributed by atoms with Crippen molar-refractivity contribution in [2.45, 2.75) is 76.0 Å². The third kappa shape index (κ3) is 6.18. The van der Waals surface area contributed by atoms with E-state index in [1.807, 2.05) is 32.9 Å². The predicted octanol–water partition coefficient (Wildman–Crippen LogP) is 3.25. The highest BCUT2D eigenvalue weighted by Gasteiger charge is 2.29. The highest BCUT2D eigenvalue weighted by Crippen LogP contribution is 2.26. The van der Waals surface area contributed by atoms with Crippen LogP contribution in [0.3, 0.4) is 0 Å². The number of carbonyl (C=O) groups excluding carboxylic acids is 1. The Balaban J connectivity index is 1.49. The van der Waals surface area contributed by atoms with Crippen molar-refractivity contribution >= 4 is 16.1 Å². The third-order valence-corrected chi connectivity index (χ3v) is 7.67. The molecule has 0 spiro atoms.